The second kappa shape index (κ2) is 11.0. The minimum atomic E-state index is -0.368. The lowest BCUT2D eigenvalue weighted by Gasteiger charge is -2.24. The molecule has 1 unspecified atom stereocenters. The first kappa shape index (κ1) is 24.9. The fourth-order valence-corrected chi connectivity index (χ4v) is 4.79. The minimum Gasteiger partial charge on any atom is -0.497 e. The molecule has 0 N–H and O–H groups in total. The number of ether oxygens (including phenoxy) is 2. The molecule has 0 saturated carbocycles. The van der Waals surface area contributed by atoms with E-state index in [1.807, 2.05) is 55.5 Å². The van der Waals surface area contributed by atoms with Crippen LogP contribution in [0.3, 0.4) is 0 Å². The first-order valence-electron chi connectivity index (χ1n) is 11.5. The molecule has 1 aliphatic rings. The number of methoxy groups -OCH3 is 2. The number of rotatable bonds is 8. The van der Waals surface area contributed by atoms with Crippen LogP contribution < -0.4 is 9.47 Å². The predicted molar refractivity (Wildman–Crippen MR) is 139 cm³/mol. The number of aryl methyl sites for hydroxylation is 1. The molecule has 5 nitrogen and oxygen atoms in total. The number of amidine groups is 1. The Morgan fingerprint density at radius 1 is 1.09 bits per heavy atom. The van der Waals surface area contributed by atoms with Crippen LogP contribution in [0.15, 0.2) is 70.1 Å². The van der Waals surface area contributed by atoms with Crippen molar-refractivity contribution in [1.82, 2.24) is 4.90 Å². The van der Waals surface area contributed by atoms with Gasteiger partial charge < -0.3 is 9.47 Å². The van der Waals surface area contributed by atoms with Crippen molar-refractivity contribution in [3.05, 3.63) is 93.2 Å². The van der Waals surface area contributed by atoms with E-state index in [0.29, 0.717) is 42.9 Å². The Labute approximate surface area is 213 Å². The van der Waals surface area contributed by atoms with Crippen LogP contribution in [-0.2, 0) is 17.6 Å². The summed E-state index contributed by atoms with van der Waals surface area (Å²) < 4.78 is 26.7. The zero-order valence-corrected chi connectivity index (χ0v) is 21.6. The van der Waals surface area contributed by atoms with Crippen LogP contribution in [0.2, 0.25) is 0 Å². The molecule has 0 bridgehead atoms. The molecule has 7 heteroatoms. The molecule has 182 valence electrons. The van der Waals surface area contributed by atoms with Crippen molar-refractivity contribution in [2.45, 2.75) is 25.7 Å². The van der Waals surface area contributed by atoms with Gasteiger partial charge in [0.15, 0.2) is 0 Å². The second-order valence-electron chi connectivity index (χ2n) is 8.41. The van der Waals surface area contributed by atoms with Gasteiger partial charge in [0.05, 0.1) is 26.7 Å². The zero-order valence-electron chi connectivity index (χ0n) is 20.1. The van der Waals surface area contributed by atoms with Crippen molar-refractivity contribution in [3.8, 4) is 11.5 Å². The van der Waals surface area contributed by atoms with Gasteiger partial charge in [-0.2, -0.15) is 0 Å². The molecular formula is C28H28BrFN2O3. The number of carbonyl (C=O) groups is 1. The molecular weight excluding hydrogens is 511 g/mol. The van der Waals surface area contributed by atoms with Gasteiger partial charge in [0.25, 0.3) is 0 Å². The number of halogens is 2. The van der Waals surface area contributed by atoms with Gasteiger partial charge in [-0.1, -0.05) is 40.2 Å². The van der Waals surface area contributed by atoms with Gasteiger partial charge in [0, 0.05) is 16.6 Å². The number of hydrogen-bond donors (Lipinski definition) is 0. The smallest absolute Gasteiger partial charge is 0.235 e. The highest BCUT2D eigenvalue weighted by Gasteiger charge is 2.31. The zero-order chi connectivity index (χ0) is 24.9. The first-order valence-corrected chi connectivity index (χ1v) is 12.3. The molecule has 4 rings (SSSR count). The minimum absolute atomic E-state index is 0.0599. The summed E-state index contributed by atoms with van der Waals surface area (Å²) in [5.41, 5.74) is 3.07. The predicted octanol–water partition coefficient (Wildman–Crippen LogP) is 5.78. The summed E-state index contributed by atoms with van der Waals surface area (Å²) in [6.45, 7) is 2.85. The van der Waals surface area contributed by atoms with Gasteiger partial charge >= 0.3 is 0 Å². The van der Waals surface area contributed by atoms with Crippen molar-refractivity contribution < 1.29 is 18.7 Å². The summed E-state index contributed by atoms with van der Waals surface area (Å²) in [6, 6.07) is 18.3. The van der Waals surface area contributed by atoms with Crippen molar-refractivity contribution >= 4 is 27.7 Å². The van der Waals surface area contributed by atoms with Gasteiger partial charge in [-0.25, -0.2) is 4.39 Å². The molecule has 1 amide bonds. The lowest BCUT2D eigenvalue weighted by atomic mass is 9.96. The van der Waals surface area contributed by atoms with Crippen molar-refractivity contribution in [2.75, 3.05) is 27.3 Å². The van der Waals surface area contributed by atoms with E-state index in [1.165, 1.54) is 6.07 Å². The monoisotopic (exact) mass is 538 g/mol. The molecule has 0 radical (unpaired) electrons. The normalized spacial score (nSPS) is 14.0. The maximum absolute atomic E-state index is 15.1. The fraction of sp³-hybridized carbons (Fsp3) is 0.286. The molecule has 0 aliphatic carbocycles. The van der Waals surface area contributed by atoms with Crippen LogP contribution in [0.4, 0.5) is 4.39 Å². The van der Waals surface area contributed by atoms with E-state index in [-0.39, 0.29) is 17.6 Å². The van der Waals surface area contributed by atoms with Crippen LogP contribution in [0.1, 0.15) is 35.1 Å². The molecule has 3 aromatic carbocycles. The molecule has 0 saturated heterocycles. The molecule has 1 aliphatic heterocycles. The molecule has 1 heterocycles. The third kappa shape index (κ3) is 5.40. The molecule has 35 heavy (non-hydrogen) atoms. The number of amides is 1. The van der Waals surface area contributed by atoms with E-state index in [9.17, 15) is 4.79 Å². The van der Waals surface area contributed by atoms with E-state index in [4.69, 9.17) is 9.47 Å². The van der Waals surface area contributed by atoms with Crippen molar-refractivity contribution in [1.29, 1.82) is 0 Å². The fourth-order valence-electron chi connectivity index (χ4n) is 4.39. The number of hydrogen-bond acceptors (Lipinski definition) is 4. The van der Waals surface area contributed by atoms with Crippen LogP contribution in [0, 0.1) is 5.82 Å². The van der Waals surface area contributed by atoms with Gasteiger partial charge in [0.2, 0.25) is 5.91 Å². The molecule has 0 spiro atoms. The van der Waals surface area contributed by atoms with Crippen LogP contribution in [0.25, 0.3) is 0 Å². The van der Waals surface area contributed by atoms with E-state index < -0.39 is 0 Å². The lowest BCUT2D eigenvalue weighted by Crippen LogP contribution is -2.38. The highest BCUT2D eigenvalue weighted by Crippen LogP contribution is 2.28. The number of nitrogens with zero attached hydrogens (tertiary/aromatic N) is 2. The number of benzene rings is 3. The summed E-state index contributed by atoms with van der Waals surface area (Å²) in [5, 5.41) is 0. The lowest BCUT2D eigenvalue weighted by molar-refractivity contribution is -0.128. The maximum Gasteiger partial charge on any atom is 0.235 e. The molecule has 1 atom stereocenters. The third-order valence-electron chi connectivity index (χ3n) is 6.34. The average Bonchev–Trinajstić information content (AvgIpc) is 3.37. The highest BCUT2D eigenvalue weighted by molar-refractivity contribution is 9.10. The molecule has 3 aromatic rings. The van der Waals surface area contributed by atoms with Crippen molar-refractivity contribution in [3.63, 3.8) is 0 Å². The summed E-state index contributed by atoms with van der Waals surface area (Å²) in [4.78, 5) is 19.8. The van der Waals surface area contributed by atoms with Gasteiger partial charge in [-0.15, -0.1) is 0 Å². The number of carbonyl (C=O) groups excluding carboxylic acids is 1. The summed E-state index contributed by atoms with van der Waals surface area (Å²) in [6.07, 6.45) is 1.03. The first-order chi connectivity index (χ1) is 16.9. The van der Waals surface area contributed by atoms with Crippen molar-refractivity contribution in [2.24, 2.45) is 4.99 Å². The SMILES string of the molecule is COc1ccc(C(C)C(=O)N2CCN=C2c2cccc(F)c2CCc2cc(Br)ccc2OC)cc1. The Morgan fingerprint density at radius 2 is 1.86 bits per heavy atom. The Morgan fingerprint density at radius 3 is 2.57 bits per heavy atom. The highest BCUT2D eigenvalue weighted by atomic mass is 79.9. The van der Waals surface area contributed by atoms with Crippen LogP contribution >= 0.6 is 15.9 Å². The van der Waals surface area contributed by atoms with E-state index in [2.05, 4.69) is 20.9 Å². The molecule has 0 fully saturated rings. The van der Waals surface area contributed by atoms with E-state index >= 15 is 4.39 Å². The maximum atomic E-state index is 15.1. The third-order valence-corrected chi connectivity index (χ3v) is 6.83. The Balaban J connectivity index is 1.59. The van der Waals surface area contributed by atoms with Gasteiger partial charge in [-0.3, -0.25) is 14.7 Å². The Bertz CT molecular complexity index is 1240. The summed E-state index contributed by atoms with van der Waals surface area (Å²) in [7, 11) is 3.24. The summed E-state index contributed by atoms with van der Waals surface area (Å²) in [5.74, 6) is 1.30. The van der Waals surface area contributed by atoms with Gasteiger partial charge in [0.1, 0.15) is 23.2 Å². The Hall–Kier alpha value is -3.19. The van der Waals surface area contributed by atoms with Crippen LogP contribution in [-0.4, -0.2) is 44.0 Å². The number of aliphatic imine (C=N–C) groups is 1. The van der Waals surface area contributed by atoms with Crippen LogP contribution in [0.5, 0.6) is 11.5 Å². The van der Waals surface area contributed by atoms with E-state index in [1.54, 1.807) is 25.2 Å². The average molecular weight is 539 g/mol. The summed E-state index contributed by atoms with van der Waals surface area (Å²) >= 11 is 3.50. The largest absolute Gasteiger partial charge is 0.497 e. The standard InChI is InChI=1S/C28H28BrFN2O3/c1-18(19-7-11-22(34-2)12-8-19)28(33)32-16-15-31-27(32)24-5-4-6-25(30)23(24)13-9-20-17-21(29)10-14-26(20)35-3/h4-8,10-12,14,17-18H,9,13,15-16H2,1-3H3. The second-order valence-corrected chi connectivity index (χ2v) is 9.33. The topological polar surface area (TPSA) is 51.1 Å². The Kier molecular flexibility index (Phi) is 7.86. The molecule has 0 aromatic heterocycles. The van der Waals surface area contributed by atoms with E-state index in [0.717, 1.165) is 27.1 Å². The van der Waals surface area contributed by atoms with Gasteiger partial charge in [-0.05, 0) is 72.9 Å². The quantitative estimate of drug-likeness (QED) is 0.365.